The van der Waals surface area contributed by atoms with Crippen molar-refractivity contribution in [1.29, 1.82) is 0 Å². The lowest BCUT2D eigenvalue weighted by molar-refractivity contribution is 0.254. The minimum atomic E-state index is 0.621. The average molecular weight is 284 g/mol. The van der Waals surface area contributed by atoms with Crippen molar-refractivity contribution in [1.82, 2.24) is 4.90 Å². The highest BCUT2D eigenvalue weighted by Gasteiger charge is 2.26. The maximum atomic E-state index is 5.98. The molecule has 4 heteroatoms. The Kier molecular flexibility index (Phi) is 3.52. The molecule has 0 aliphatic carbocycles. The monoisotopic (exact) mass is 283 g/mol. The second-order valence-corrected chi connectivity index (χ2v) is 7.13. The molecule has 1 atom stereocenters. The lowest BCUT2D eigenvalue weighted by atomic mass is 10.2. The van der Waals surface area contributed by atoms with E-state index >= 15 is 0 Å². The fourth-order valence-electron chi connectivity index (χ4n) is 2.46. The molecule has 3 rings (SSSR count). The first-order chi connectivity index (χ1) is 8.33. The zero-order valence-electron chi connectivity index (χ0n) is 9.43. The van der Waals surface area contributed by atoms with Crippen LogP contribution in [0.3, 0.4) is 0 Å². The van der Waals surface area contributed by atoms with Crippen LogP contribution in [-0.4, -0.2) is 11.4 Å². The number of thiophene rings is 2. The first-order valence-electron chi connectivity index (χ1n) is 5.84. The number of hydrogen-bond donors (Lipinski definition) is 0. The van der Waals surface area contributed by atoms with Crippen molar-refractivity contribution < 1.29 is 0 Å². The van der Waals surface area contributed by atoms with Crippen molar-refractivity contribution in [2.24, 2.45) is 0 Å². The Morgan fingerprint density at radius 1 is 1.35 bits per heavy atom. The van der Waals surface area contributed by atoms with Crippen molar-refractivity contribution >= 4 is 34.3 Å². The van der Waals surface area contributed by atoms with E-state index in [1.54, 1.807) is 11.3 Å². The lowest BCUT2D eigenvalue weighted by Crippen LogP contribution is -2.21. The summed E-state index contributed by atoms with van der Waals surface area (Å²) in [5.74, 6) is 0. The van der Waals surface area contributed by atoms with Crippen LogP contribution >= 0.6 is 34.3 Å². The van der Waals surface area contributed by atoms with E-state index in [-0.39, 0.29) is 0 Å². The number of likely N-dealkylation sites (tertiary alicyclic amines) is 1. The van der Waals surface area contributed by atoms with Crippen molar-refractivity contribution in [3.8, 4) is 0 Å². The smallest absolute Gasteiger partial charge is 0.0931 e. The molecule has 2 aromatic heterocycles. The molecule has 0 aromatic carbocycles. The molecule has 0 spiro atoms. The van der Waals surface area contributed by atoms with Gasteiger partial charge in [-0.05, 0) is 43.0 Å². The first-order valence-corrected chi connectivity index (χ1v) is 7.92. The summed E-state index contributed by atoms with van der Waals surface area (Å²) in [4.78, 5) is 5.46. The molecule has 1 aliphatic rings. The molecule has 0 N–H and O–H groups in total. The minimum absolute atomic E-state index is 0.621. The molecule has 0 saturated carbocycles. The summed E-state index contributed by atoms with van der Waals surface area (Å²) in [5, 5.41) is 2.17. The van der Waals surface area contributed by atoms with Crippen LogP contribution in [0.15, 0.2) is 29.6 Å². The van der Waals surface area contributed by atoms with Gasteiger partial charge in [0.25, 0.3) is 0 Å². The van der Waals surface area contributed by atoms with Gasteiger partial charge >= 0.3 is 0 Å². The quantitative estimate of drug-likeness (QED) is 0.782. The Balaban J connectivity index is 1.74. The van der Waals surface area contributed by atoms with Gasteiger partial charge in [-0.1, -0.05) is 17.7 Å². The first kappa shape index (κ1) is 11.7. The zero-order chi connectivity index (χ0) is 11.7. The third-order valence-corrected chi connectivity index (χ3v) is 5.41. The summed E-state index contributed by atoms with van der Waals surface area (Å²) < 4.78 is 0.895. The van der Waals surface area contributed by atoms with Crippen LogP contribution < -0.4 is 0 Å². The molecule has 90 valence electrons. The van der Waals surface area contributed by atoms with E-state index in [0.717, 1.165) is 10.9 Å². The molecule has 2 aromatic rings. The third kappa shape index (κ3) is 2.58. The maximum Gasteiger partial charge on any atom is 0.0931 e. The van der Waals surface area contributed by atoms with Gasteiger partial charge < -0.3 is 0 Å². The van der Waals surface area contributed by atoms with Crippen molar-refractivity contribution in [2.75, 3.05) is 6.54 Å². The average Bonchev–Trinajstić information content (AvgIpc) is 3.00. The second kappa shape index (κ2) is 5.11. The van der Waals surface area contributed by atoms with Crippen LogP contribution in [0.4, 0.5) is 0 Å². The topological polar surface area (TPSA) is 3.24 Å². The van der Waals surface area contributed by atoms with Crippen molar-refractivity contribution in [3.05, 3.63) is 43.7 Å². The molecule has 17 heavy (non-hydrogen) atoms. The van der Waals surface area contributed by atoms with Gasteiger partial charge in [-0.15, -0.1) is 22.7 Å². The van der Waals surface area contributed by atoms with E-state index in [1.807, 2.05) is 17.4 Å². The van der Waals surface area contributed by atoms with Crippen LogP contribution in [-0.2, 0) is 6.54 Å². The van der Waals surface area contributed by atoms with E-state index in [1.165, 1.54) is 29.1 Å². The SMILES string of the molecule is Clc1ccc(CN2CCCC2c2cccs2)s1. The zero-order valence-corrected chi connectivity index (χ0v) is 11.8. The largest absolute Gasteiger partial charge is 0.290 e. The molecular weight excluding hydrogens is 270 g/mol. The van der Waals surface area contributed by atoms with Crippen LogP contribution in [0.5, 0.6) is 0 Å². The fraction of sp³-hybridized carbons (Fsp3) is 0.385. The molecule has 1 unspecified atom stereocenters. The number of rotatable bonds is 3. The van der Waals surface area contributed by atoms with E-state index < -0.39 is 0 Å². The standard InChI is InChI=1S/C13H14ClNS2/c14-13-6-5-10(17-13)9-15-7-1-3-11(15)12-4-2-8-16-12/h2,4-6,8,11H,1,3,7,9H2. The summed E-state index contributed by atoms with van der Waals surface area (Å²) in [6.07, 6.45) is 2.60. The van der Waals surface area contributed by atoms with Crippen molar-refractivity contribution in [2.45, 2.75) is 25.4 Å². The highest BCUT2D eigenvalue weighted by molar-refractivity contribution is 7.16. The van der Waals surface area contributed by atoms with E-state index in [4.69, 9.17) is 11.6 Å². The lowest BCUT2D eigenvalue weighted by Gasteiger charge is -2.22. The van der Waals surface area contributed by atoms with Gasteiger partial charge in [0.15, 0.2) is 0 Å². The van der Waals surface area contributed by atoms with Crippen LogP contribution in [0.25, 0.3) is 0 Å². The summed E-state index contributed by atoms with van der Waals surface area (Å²) >= 11 is 9.56. The molecule has 0 amide bonds. The van der Waals surface area contributed by atoms with Crippen LogP contribution in [0, 0.1) is 0 Å². The normalized spacial score (nSPS) is 21.1. The number of hydrogen-bond acceptors (Lipinski definition) is 3. The molecule has 0 bridgehead atoms. The molecule has 3 heterocycles. The third-order valence-electron chi connectivity index (χ3n) is 3.22. The molecular formula is C13H14ClNS2. The highest BCUT2D eigenvalue weighted by Crippen LogP contribution is 2.36. The second-order valence-electron chi connectivity index (χ2n) is 4.35. The Hall–Kier alpha value is -0.350. The molecule has 0 radical (unpaired) electrons. The van der Waals surface area contributed by atoms with Crippen molar-refractivity contribution in [3.63, 3.8) is 0 Å². The van der Waals surface area contributed by atoms with Crippen LogP contribution in [0.1, 0.15) is 28.6 Å². The van der Waals surface area contributed by atoms with Gasteiger partial charge in [-0.25, -0.2) is 0 Å². The Morgan fingerprint density at radius 2 is 2.29 bits per heavy atom. The van der Waals surface area contributed by atoms with Gasteiger partial charge in [0.2, 0.25) is 0 Å². The van der Waals surface area contributed by atoms with Gasteiger partial charge in [-0.2, -0.15) is 0 Å². The molecule has 1 saturated heterocycles. The number of nitrogens with zero attached hydrogens (tertiary/aromatic N) is 1. The van der Waals surface area contributed by atoms with Gasteiger partial charge in [-0.3, -0.25) is 4.90 Å². The Labute approximate surface area is 115 Å². The van der Waals surface area contributed by atoms with Gasteiger partial charge in [0.05, 0.1) is 4.34 Å². The molecule has 1 nitrogen and oxygen atoms in total. The van der Waals surface area contributed by atoms with Gasteiger partial charge in [0, 0.05) is 22.3 Å². The van der Waals surface area contributed by atoms with E-state index in [0.29, 0.717) is 6.04 Å². The summed E-state index contributed by atoms with van der Waals surface area (Å²) in [6, 6.07) is 9.18. The summed E-state index contributed by atoms with van der Waals surface area (Å²) in [6.45, 7) is 2.25. The summed E-state index contributed by atoms with van der Waals surface area (Å²) in [5.41, 5.74) is 0. The minimum Gasteiger partial charge on any atom is -0.290 e. The molecule has 1 aliphatic heterocycles. The highest BCUT2D eigenvalue weighted by atomic mass is 35.5. The fourth-order valence-corrected chi connectivity index (χ4v) is 4.46. The van der Waals surface area contributed by atoms with E-state index in [9.17, 15) is 0 Å². The molecule has 1 fully saturated rings. The van der Waals surface area contributed by atoms with E-state index in [2.05, 4.69) is 28.5 Å². The maximum absolute atomic E-state index is 5.98. The Bertz CT molecular complexity index is 477. The number of halogens is 1. The Morgan fingerprint density at radius 3 is 3.00 bits per heavy atom. The predicted molar refractivity (Wildman–Crippen MR) is 76.0 cm³/mol. The predicted octanol–water partition coefficient (Wildman–Crippen LogP) is 4.80. The summed E-state index contributed by atoms with van der Waals surface area (Å²) in [7, 11) is 0. The van der Waals surface area contributed by atoms with Crippen LogP contribution in [0.2, 0.25) is 4.34 Å². The van der Waals surface area contributed by atoms with Gasteiger partial charge in [0.1, 0.15) is 0 Å².